The normalized spacial score (nSPS) is 13.0. The van der Waals surface area contributed by atoms with Crippen LogP contribution < -0.4 is 4.72 Å². The van der Waals surface area contributed by atoms with Crippen LogP contribution in [0.4, 0.5) is 4.39 Å². The van der Waals surface area contributed by atoms with Crippen LogP contribution in [-0.4, -0.2) is 22.1 Å². The molecule has 0 radical (unpaired) electrons. The predicted octanol–water partition coefficient (Wildman–Crippen LogP) is 3.15. The highest BCUT2D eigenvalue weighted by Crippen LogP contribution is 2.22. The highest BCUT2D eigenvalue weighted by atomic mass is 35.5. The molecular formula is C15H15ClFNO3S. The number of sulfonamides is 1. The van der Waals surface area contributed by atoms with Crippen LogP contribution in [0.15, 0.2) is 53.4 Å². The van der Waals surface area contributed by atoms with Crippen LogP contribution in [0, 0.1) is 5.82 Å². The zero-order valence-electron chi connectivity index (χ0n) is 11.8. The van der Waals surface area contributed by atoms with Crippen molar-refractivity contribution in [3.8, 4) is 0 Å². The molecule has 0 bridgehead atoms. The number of hydrogen-bond donors (Lipinski definition) is 1. The summed E-state index contributed by atoms with van der Waals surface area (Å²) in [5.41, 5.74) is 0.546. The highest BCUT2D eigenvalue weighted by molar-refractivity contribution is 7.89. The van der Waals surface area contributed by atoms with E-state index in [1.165, 1.54) is 31.4 Å². The smallest absolute Gasteiger partial charge is 0.242 e. The average molecular weight is 344 g/mol. The van der Waals surface area contributed by atoms with E-state index < -0.39 is 21.9 Å². The molecule has 2 rings (SSSR count). The van der Waals surface area contributed by atoms with Gasteiger partial charge in [-0.3, -0.25) is 0 Å². The average Bonchev–Trinajstić information content (AvgIpc) is 2.48. The van der Waals surface area contributed by atoms with E-state index in [1.807, 2.05) is 0 Å². The van der Waals surface area contributed by atoms with Gasteiger partial charge in [-0.1, -0.05) is 35.9 Å². The van der Waals surface area contributed by atoms with Gasteiger partial charge in [0.15, 0.2) is 0 Å². The summed E-state index contributed by atoms with van der Waals surface area (Å²) in [5.74, 6) is -0.409. The number of ether oxygens (including phenoxy) is 1. The summed E-state index contributed by atoms with van der Waals surface area (Å²) in [6.07, 6.45) is -0.604. The molecule has 22 heavy (non-hydrogen) atoms. The second kappa shape index (κ2) is 7.19. The van der Waals surface area contributed by atoms with Crippen molar-refractivity contribution in [2.24, 2.45) is 0 Å². The molecule has 0 aromatic heterocycles. The minimum atomic E-state index is -3.77. The molecule has 2 aromatic rings. The second-order valence-corrected chi connectivity index (χ2v) is 6.70. The van der Waals surface area contributed by atoms with Gasteiger partial charge in [0.25, 0.3) is 0 Å². The molecule has 0 unspecified atom stereocenters. The Bertz CT molecular complexity index is 752. The van der Waals surface area contributed by atoms with E-state index >= 15 is 0 Å². The van der Waals surface area contributed by atoms with Crippen molar-refractivity contribution in [1.29, 1.82) is 0 Å². The Kier molecular flexibility index (Phi) is 5.52. The Morgan fingerprint density at radius 2 is 1.95 bits per heavy atom. The van der Waals surface area contributed by atoms with Gasteiger partial charge in [-0.25, -0.2) is 17.5 Å². The predicted molar refractivity (Wildman–Crippen MR) is 82.8 cm³/mol. The van der Waals surface area contributed by atoms with Crippen molar-refractivity contribution in [3.63, 3.8) is 0 Å². The van der Waals surface area contributed by atoms with E-state index in [1.54, 1.807) is 24.3 Å². The minimum Gasteiger partial charge on any atom is -0.375 e. The maximum Gasteiger partial charge on any atom is 0.242 e. The van der Waals surface area contributed by atoms with Gasteiger partial charge >= 0.3 is 0 Å². The zero-order valence-corrected chi connectivity index (χ0v) is 13.4. The molecule has 0 saturated carbocycles. The molecule has 0 heterocycles. The second-order valence-electron chi connectivity index (χ2n) is 4.56. The van der Waals surface area contributed by atoms with Crippen molar-refractivity contribution in [3.05, 3.63) is 64.9 Å². The molecule has 0 aliphatic rings. The van der Waals surface area contributed by atoms with Crippen LogP contribution in [-0.2, 0) is 14.8 Å². The summed E-state index contributed by atoms with van der Waals surface area (Å²) in [6.45, 7) is -0.0342. The van der Waals surface area contributed by atoms with Crippen molar-refractivity contribution in [1.82, 2.24) is 4.72 Å². The maximum absolute atomic E-state index is 13.2. The van der Waals surface area contributed by atoms with Crippen LogP contribution in [0.3, 0.4) is 0 Å². The molecule has 7 heteroatoms. The summed E-state index contributed by atoms with van der Waals surface area (Å²) in [7, 11) is -2.34. The van der Waals surface area contributed by atoms with Crippen LogP contribution in [0.2, 0.25) is 5.02 Å². The fraction of sp³-hybridized carbons (Fsp3) is 0.200. The molecule has 0 fully saturated rings. The number of rotatable bonds is 6. The number of hydrogen-bond acceptors (Lipinski definition) is 3. The van der Waals surface area contributed by atoms with Gasteiger partial charge in [0.05, 0.1) is 11.1 Å². The lowest BCUT2D eigenvalue weighted by Crippen LogP contribution is -2.29. The first-order valence-electron chi connectivity index (χ1n) is 6.46. The fourth-order valence-electron chi connectivity index (χ4n) is 1.97. The van der Waals surface area contributed by atoms with Crippen molar-refractivity contribution >= 4 is 21.6 Å². The topological polar surface area (TPSA) is 55.4 Å². The third-order valence-corrected chi connectivity index (χ3v) is 5.01. The Morgan fingerprint density at radius 1 is 1.23 bits per heavy atom. The molecule has 4 nitrogen and oxygen atoms in total. The molecule has 0 saturated heterocycles. The van der Waals surface area contributed by atoms with E-state index in [-0.39, 0.29) is 16.5 Å². The summed E-state index contributed by atoms with van der Waals surface area (Å²) < 4.78 is 45.4. The number of benzene rings is 2. The maximum atomic E-state index is 13.2. The number of nitrogens with one attached hydrogen (secondary N) is 1. The molecule has 1 N–H and O–H groups in total. The van der Waals surface area contributed by atoms with Gasteiger partial charge in [-0.2, -0.15) is 0 Å². The molecule has 118 valence electrons. The zero-order chi connectivity index (χ0) is 16.2. The fourth-order valence-corrected chi connectivity index (χ4v) is 3.52. The lowest BCUT2D eigenvalue weighted by Gasteiger charge is -2.17. The van der Waals surface area contributed by atoms with E-state index in [0.717, 1.165) is 0 Å². The summed E-state index contributed by atoms with van der Waals surface area (Å²) in [5, 5.41) is 0.134. The third kappa shape index (κ3) is 4.04. The third-order valence-electron chi connectivity index (χ3n) is 3.09. The number of methoxy groups -OCH3 is 1. The van der Waals surface area contributed by atoms with Crippen LogP contribution in [0.25, 0.3) is 0 Å². The van der Waals surface area contributed by atoms with Crippen molar-refractivity contribution < 1.29 is 17.5 Å². The first kappa shape index (κ1) is 16.9. The van der Waals surface area contributed by atoms with Crippen molar-refractivity contribution in [2.75, 3.05) is 13.7 Å². The molecule has 1 atom stereocenters. The van der Waals surface area contributed by atoms with Crippen molar-refractivity contribution in [2.45, 2.75) is 11.0 Å². The Labute approximate surface area is 133 Å². The van der Waals surface area contributed by atoms with E-state index in [4.69, 9.17) is 16.3 Å². The lowest BCUT2D eigenvalue weighted by atomic mass is 10.1. The Hall–Kier alpha value is -1.47. The number of halogens is 2. The van der Waals surface area contributed by atoms with Gasteiger partial charge in [0.1, 0.15) is 10.7 Å². The molecular weight excluding hydrogens is 329 g/mol. The van der Waals surface area contributed by atoms with E-state index in [2.05, 4.69) is 4.72 Å². The van der Waals surface area contributed by atoms with Crippen LogP contribution in [0.1, 0.15) is 11.7 Å². The van der Waals surface area contributed by atoms with Gasteiger partial charge in [-0.05, 0) is 29.8 Å². The largest absolute Gasteiger partial charge is 0.375 e. The van der Waals surface area contributed by atoms with Crippen LogP contribution in [0.5, 0.6) is 0 Å². The van der Waals surface area contributed by atoms with Gasteiger partial charge in [0.2, 0.25) is 10.0 Å². The lowest BCUT2D eigenvalue weighted by molar-refractivity contribution is 0.107. The highest BCUT2D eigenvalue weighted by Gasteiger charge is 2.20. The molecule has 0 aliphatic heterocycles. The summed E-state index contributed by atoms with van der Waals surface area (Å²) in [6, 6.07) is 12.0. The summed E-state index contributed by atoms with van der Waals surface area (Å²) >= 11 is 5.90. The SMILES string of the molecule is CO[C@H](CNS(=O)(=O)c1ccccc1Cl)c1cccc(F)c1. The molecule has 0 aliphatic carbocycles. The van der Waals surface area contributed by atoms with Gasteiger partial charge in [-0.15, -0.1) is 0 Å². The van der Waals surface area contributed by atoms with E-state index in [0.29, 0.717) is 5.56 Å². The van der Waals surface area contributed by atoms with E-state index in [9.17, 15) is 12.8 Å². The van der Waals surface area contributed by atoms with Crippen LogP contribution >= 0.6 is 11.6 Å². The van der Waals surface area contributed by atoms with Gasteiger partial charge < -0.3 is 4.74 Å². The molecule has 0 amide bonds. The Morgan fingerprint density at radius 3 is 2.59 bits per heavy atom. The minimum absolute atomic E-state index is 0.00855. The first-order chi connectivity index (χ1) is 10.4. The molecule has 2 aromatic carbocycles. The Balaban J connectivity index is 2.15. The standard InChI is InChI=1S/C15H15ClFNO3S/c1-21-14(11-5-4-6-12(17)9-11)10-18-22(19,20)15-8-3-2-7-13(15)16/h2-9,14,18H,10H2,1H3/t14-/m1/s1. The monoisotopic (exact) mass is 343 g/mol. The summed E-state index contributed by atoms with van der Waals surface area (Å²) in [4.78, 5) is -0.00855. The quantitative estimate of drug-likeness (QED) is 0.876. The van der Waals surface area contributed by atoms with Gasteiger partial charge in [0, 0.05) is 13.7 Å². The molecule has 0 spiro atoms. The first-order valence-corrected chi connectivity index (χ1v) is 8.32.